The molecule has 1 saturated heterocycles. The smallest absolute Gasteiger partial charge is 0.302 e. The van der Waals surface area contributed by atoms with E-state index in [4.69, 9.17) is 33.4 Å². The molecule has 1 aliphatic heterocycles. The van der Waals surface area contributed by atoms with Crippen molar-refractivity contribution < 1.29 is 38.0 Å². The van der Waals surface area contributed by atoms with Gasteiger partial charge in [0.15, 0.2) is 11.2 Å². The van der Waals surface area contributed by atoms with Gasteiger partial charge in [-0.3, -0.25) is 24.5 Å². The van der Waals surface area contributed by atoms with E-state index in [0.717, 1.165) is 22.4 Å². The number of carbonyl (C=O) groups is 2. The fourth-order valence-corrected chi connectivity index (χ4v) is 6.95. The van der Waals surface area contributed by atoms with Crippen LogP contribution in [0.1, 0.15) is 55.8 Å². The molecule has 0 spiro atoms. The van der Waals surface area contributed by atoms with Gasteiger partial charge in [-0.1, -0.05) is 74.5 Å². The molecule has 3 atom stereocenters. The van der Waals surface area contributed by atoms with Crippen molar-refractivity contribution in [2.45, 2.75) is 57.6 Å². The van der Waals surface area contributed by atoms with Gasteiger partial charge in [0.25, 0.3) is 0 Å². The molecule has 0 aliphatic carbocycles. The lowest BCUT2D eigenvalue weighted by Crippen LogP contribution is -2.39. The first kappa shape index (κ1) is 39.8. The monoisotopic (exact) mass is 786 g/mol. The van der Waals surface area contributed by atoms with E-state index >= 15 is 0 Å². The Morgan fingerprint density at radius 3 is 2.12 bits per heavy atom. The number of imidazole rings is 1. The summed E-state index contributed by atoms with van der Waals surface area (Å²) in [5, 5.41) is 2.79. The lowest BCUT2D eigenvalue weighted by atomic mass is 9.80. The van der Waals surface area contributed by atoms with Crippen molar-refractivity contribution in [3.05, 3.63) is 132 Å². The Hall–Kier alpha value is -6.38. The summed E-state index contributed by atoms with van der Waals surface area (Å²) in [7, 11) is 3.25. The van der Waals surface area contributed by atoms with Gasteiger partial charge in [0, 0.05) is 37.6 Å². The van der Waals surface area contributed by atoms with E-state index in [1.165, 1.54) is 6.92 Å². The predicted octanol–water partition coefficient (Wildman–Crippen LogP) is 6.68. The second-order valence-electron chi connectivity index (χ2n) is 14.1. The quantitative estimate of drug-likeness (QED) is 0.0821. The molecule has 6 aromatic rings. The van der Waals surface area contributed by atoms with Crippen LogP contribution in [0.3, 0.4) is 0 Å². The molecule has 4 heterocycles. The summed E-state index contributed by atoms with van der Waals surface area (Å²) >= 11 is 0. The molecule has 7 rings (SSSR count). The van der Waals surface area contributed by atoms with Gasteiger partial charge in [-0.2, -0.15) is 9.97 Å². The lowest BCUT2D eigenvalue weighted by molar-refractivity contribution is -0.153. The number of rotatable bonds is 16. The lowest BCUT2D eigenvalue weighted by Gasteiger charge is -2.37. The van der Waals surface area contributed by atoms with E-state index in [0.29, 0.717) is 29.1 Å². The van der Waals surface area contributed by atoms with E-state index in [9.17, 15) is 9.59 Å². The van der Waals surface area contributed by atoms with Crippen molar-refractivity contribution >= 4 is 29.0 Å². The van der Waals surface area contributed by atoms with Gasteiger partial charge >= 0.3 is 5.97 Å². The minimum Gasteiger partial charge on any atom is -0.497 e. The van der Waals surface area contributed by atoms with E-state index in [-0.39, 0.29) is 43.3 Å². The number of hydrogen-bond acceptors (Lipinski definition) is 12. The number of nitrogens with zero attached hydrogens (tertiary/aromatic N) is 5. The third-order valence-electron chi connectivity index (χ3n) is 9.92. The number of carbonyl (C=O) groups excluding carboxylic acids is 2. The molecule has 1 N–H and O–H groups in total. The molecule has 3 aromatic carbocycles. The Morgan fingerprint density at radius 2 is 1.52 bits per heavy atom. The van der Waals surface area contributed by atoms with Gasteiger partial charge in [-0.05, 0) is 53.1 Å². The van der Waals surface area contributed by atoms with Crippen LogP contribution in [-0.4, -0.2) is 76.0 Å². The maximum atomic E-state index is 12.8. The second kappa shape index (κ2) is 17.8. The minimum atomic E-state index is -1.14. The van der Waals surface area contributed by atoms with E-state index < -0.39 is 30.0 Å². The zero-order valence-corrected chi connectivity index (χ0v) is 33.0. The van der Waals surface area contributed by atoms with Crippen LogP contribution in [0.2, 0.25) is 0 Å². The molecule has 300 valence electrons. The van der Waals surface area contributed by atoms with Gasteiger partial charge in [0.1, 0.15) is 35.5 Å². The molecule has 14 nitrogen and oxygen atoms in total. The summed E-state index contributed by atoms with van der Waals surface area (Å²) < 4.78 is 38.7. The number of aromatic nitrogens is 5. The van der Waals surface area contributed by atoms with Gasteiger partial charge in [-0.15, -0.1) is 0 Å². The predicted molar refractivity (Wildman–Crippen MR) is 215 cm³/mol. The van der Waals surface area contributed by atoms with Crippen molar-refractivity contribution in [1.29, 1.82) is 0 Å². The van der Waals surface area contributed by atoms with Crippen molar-refractivity contribution in [2.24, 2.45) is 5.92 Å². The Bertz CT molecular complexity index is 2260. The Labute approximate surface area is 336 Å². The number of benzene rings is 3. The summed E-state index contributed by atoms with van der Waals surface area (Å²) in [5.74, 6) is 0.607. The molecule has 1 aliphatic rings. The third kappa shape index (κ3) is 8.62. The summed E-state index contributed by atoms with van der Waals surface area (Å²) in [4.78, 5) is 43.6. The first-order chi connectivity index (χ1) is 28.2. The van der Waals surface area contributed by atoms with Crippen LogP contribution in [0, 0.1) is 5.92 Å². The van der Waals surface area contributed by atoms with Crippen LogP contribution < -0.4 is 19.5 Å². The van der Waals surface area contributed by atoms with Crippen LogP contribution in [-0.2, 0) is 35.8 Å². The van der Waals surface area contributed by atoms with Crippen LogP contribution in [0.5, 0.6) is 17.4 Å². The van der Waals surface area contributed by atoms with Crippen molar-refractivity contribution in [3.8, 4) is 17.4 Å². The van der Waals surface area contributed by atoms with Crippen LogP contribution in [0.15, 0.2) is 110 Å². The number of fused-ring (bicyclic) bond motifs is 1. The van der Waals surface area contributed by atoms with Gasteiger partial charge in [0.05, 0.1) is 33.8 Å². The molecular formula is C44H46N6O8. The number of anilines is 1. The Kier molecular flexibility index (Phi) is 12.2. The van der Waals surface area contributed by atoms with Gasteiger partial charge in [-0.25, -0.2) is 4.98 Å². The SMILES string of the molecule is COc1ccc(C(OC[C@H]2O[C@@H](n3cnc4c(OCCc5ccccn5)nc(NC(=O)C(C)C)nc43)C[C@@H]2OC(C)=O)(c2ccccc2)c2ccc(OC)cc2)cc1. The Morgan fingerprint density at radius 1 is 0.862 bits per heavy atom. The van der Waals surface area contributed by atoms with Crippen LogP contribution in [0.4, 0.5) is 5.95 Å². The van der Waals surface area contributed by atoms with Crippen molar-refractivity contribution in [1.82, 2.24) is 24.5 Å². The highest BCUT2D eigenvalue weighted by atomic mass is 16.6. The summed E-state index contributed by atoms with van der Waals surface area (Å²) in [6.45, 7) is 5.20. The number of pyridine rings is 1. The summed E-state index contributed by atoms with van der Waals surface area (Å²) in [6, 6.07) is 31.0. The molecule has 14 heteroatoms. The number of methoxy groups -OCH3 is 2. The fraction of sp³-hybridized carbons (Fsp3) is 0.318. The molecule has 0 unspecified atom stereocenters. The van der Waals surface area contributed by atoms with E-state index in [1.54, 1.807) is 45.2 Å². The Balaban J connectivity index is 1.23. The van der Waals surface area contributed by atoms with E-state index in [2.05, 4.69) is 20.3 Å². The first-order valence-electron chi connectivity index (χ1n) is 19.1. The average Bonchev–Trinajstić information content (AvgIpc) is 3.85. The normalized spacial score (nSPS) is 16.6. The summed E-state index contributed by atoms with van der Waals surface area (Å²) in [5.41, 5.74) is 3.00. The van der Waals surface area contributed by atoms with Crippen LogP contribution >= 0.6 is 0 Å². The highest BCUT2D eigenvalue weighted by Crippen LogP contribution is 2.43. The summed E-state index contributed by atoms with van der Waals surface area (Å²) in [6.07, 6.45) is 1.98. The standard InChI is InChI=1S/C44H46N6O8/c1-28(2)41(52)48-43-47-40-39(42(49-43)55-24-22-33-13-9-10-23-45-33)46-27-50(40)38-25-36(57-29(3)51)37(58-38)26-56-44(30-11-7-6-8-12-30,31-14-18-34(53-4)19-15-31)32-16-20-35(54-5)21-17-32/h6-21,23,27-28,36-38H,22,24-26H2,1-5H3,(H,47,48,49,52)/t36-,37+,38+/m0/s1. The number of hydrogen-bond donors (Lipinski definition) is 1. The highest BCUT2D eigenvalue weighted by molar-refractivity contribution is 5.91. The topological polar surface area (TPSA) is 158 Å². The zero-order chi connectivity index (χ0) is 40.6. The molecule has 3 aromatic heterocycles. The number of ether oxygens (including phenoxy) is 6. The largest absolute Gasteiger partial charge is 0.497 e. The molecule has 1 fully saturated rings. The number of nitrogens with one attached hydrogen (secondary N) is 1. The van der Waals surface area contributed by atoms with Gasteiger partial charge < -0.3 is 28.4 Å². The molecule has 58 heavy (non-hydrogen) atoms. The van der Waals surface area contributed by atoms with Crippen molar-refractivity contribution in [2.75, 3.05) is 32.8 Å². The molecular weight excluding hydrogens is 741 g/mol. The number of amides is 1. The maximum absolute atomic E-state index is 12.8. The highest BCUT2D eigenvalue weighted by Gasteiger charge is 2.44. The average molecular weight is 787 g/mol. The molecule has 0 radical (unpaired) electrons. The van der Waals surface area contributed by atoms with Gasteiger partial charge in [0.2, 0.25) is 17.7 Å². The zero-order valence-electron chi connectivity index (χ0n) is 33.0. The number of esters is 1. The molecule has 1 amide bonds. The molecule has 0 saturated carbocycles. The first-order valence-corrected chi connectivity index (χ1v) is 19.1. The maximum Gasteiger partial charge on any atom is 0.302 e. The fourth-order valence-electron chi connectivity index (χ4n) is 6.95. The molecule has 0 bridgehead atoms. The third-order valence-corrected chi connectivity index (χ3v) is 9.92. The van der Waals surface area contributed by atoms with Crippen LogP contribution in [0.25, 0.3) is 11.2 Å². The second-order valence-corrected chi connectivity index (χ2v) is 14.1. The minimum absolute atomic E-state index is 0.0145. The van der Waals surface area contributed by atoms with E-state index in [1.807, 2.05) is 97.1 Å². The van der Waals surface area contributed by atoms with Crippen molar-refractivity contribution in [3.63, 3.8) is 0 Å².